The summed E-state index contributed by atoms with van der Waals surface area (Å²) < 4.78 is 5.54. The van der Waals surface area contributed by atoms with Crippen molar-refractivity contribution in [3.05, 3.63) is 35.5 Å². The van der Waals surface area contributed by atoms with Gasteiger partial charge in [0.25, 0.3) is 0 Å². The molecule has 3 saturated carbocycles. The summed E-state index contributed by atoms with van der Waals surface area (Å²) in [6.45, 7) is 14.7. The maximum absolute atomic E-state index is 11.8. The van der Waals surface area contributed by atoms with Crippen LogP contribution in [-0.2, 0) is 9.53 Å². The van der Waals surface area contributed by atoms with E-state index in [1.54, 1.807) is 12.5 Å². The molecule has 6 atom stereocenters. The van der Waals surface area contributed by atoms with Crippen molar-refractivity contribution in [2.45, 2.75) is 123 Å². The Balaban J connectivity index is 1.71. The molecule has 0 bridgehead atoms. The van der Waals surface area contributed by atoms with Gasteiger partial charge >= 0.3 is 5.97 Å². The molecule has 0 radical (unpaired) electrons. The van der Waals surface area contributed by atoms with Gasteiger partial charge in [-0.25, -0.2) is 0 Å². The molecule has 0 aromatic heterocycles. The Morgan fingerprint density at radius 2 is 2.06 bits per heavy atom. The minimum absolute atomic E-state index is 0.209. The number of fused-ring (bicyclic) bond motifs is 1. The van der Waals surface area contributed by atoms with Crippen LogP contribution in [0.25, 0.3) is 0 Å². The predicted molar refractivity (Wildman–Crippen MR) is 138 cm³/mol. The number of aliphatic hydroxyl groups excluding tert-OH is 1. The maximum Gasteiger partial charge on any atom is 0.305 e. The summed E-state index contributed by atoms with van der Waals surface area (Å²) in [5.41, 5.74) is 3.10. The number of ether oxygens (including phenoxy) is 1. The average molecular weight is 473 g/mol. The van der Waals surface area contributed by atoms with Crippen LogP contribution in [0.4, 0.5) is 0 Å². The highest BCUT2D eigenvalue weighted by molar-refractivity contribution is 5.69. The molecule has 3 fully saturated rings. The van der Waals surface area contributed by atoms with Gasteiger partial charge in [0.2, 0.25) is 0 Å². The van der Waals surface area contributed by atoms with Crippen molar-refractivity contribution < 1.29 is 19.7 Å². The number of allylic oxidation sites excluding steroid dienone is 3. The number of carbonyl (C=O) groups excluding carboxylic acids is 1. The summed E-state index contributed by atoms with van der Waals surface area (Å²) in [6.07, 6.45) is 14.3. The zero-order valence-corrected chi connectivity index (χ0v) is 22.2. The van der Waals surface area contributed by atoms with Crippen molar-refractivity contribution in [3.63, 3.8) is 0 Å². The lowest BCUT2D eigenvalue weighted by Crippen LogP contribution is -2.36. The maximum atomic E-state index is 11.8. The molecular weight excluding hydrogens is 424 g/mol. The largest absolute Gasteiger partial charge is 0.462 e. The molecule has 1 unspecified atom stereocenters. The van der Waals surface area contributed by atoms with Gasteiger partial charge in [-0.3, -0.25) is 4.79 Å². The molecule has 0 amide bonds. The normalized spacial score (nSPS) is 35.4. The summed E-state index contributed by atoms with van der Waals surface area (Å²) in [4.78, 5) is 11.8. The molecule has 0 spiro atoms. The standard InChI is InChI=1S/C30H48O4/c1-7-28(32)34-24-18-23(21(3)27(31)19-24)13-12-22-11-9-17-30(6)25(14-15-26(22)30)20(2)10-8-16-29(4,5)33/h12-13,20,24-27,31,33H,3,7-11,14-19H2,1-2,4-6H3/t20-,24-,25-,26?,27+,30-/m1/s1. The fraction of sp³-hybridized carbons (Fsp3) is 0.767. The lowest BCUT2D eigenvalue weighted by molar-refractivity contribution is -0.150. The van der Waals surface area contributed by atoms with Crippen molar-refractivity contribution in [2.24, 2.45) is 23.2 Å². The molecule has 0 aliphatic heterocycles. The molecule has 0 aromatic rings. The quantitative estimate of drug-likeness (QED) is 0.387. The molecule has 34 heavy (non-hydrogen) atoms. The molecular formula is C30H48O4. The van der Waals surface area contributed by atoms with Gasteiger partial charge in [-0.1, -0.05) is 57.9 Å². The average Bonchev–Trinajstić information content (AvgIpc) is 3.11. The second-order valence-corrected chi connectivity index (χ2v) is 12.2. The summed E-state index contributed by atoms with van der Waals surface area (Å²) in [5.74, 6) is 1.83. The molecule has 4 nitrogen and oxygen atoms in total. The Morgan fingerprint density at radius 1 is 1.32 bits per heavy atom. The van der Waals surface area contributed by atoms with Crippen LogP contribution in [-0.4, -0.2) is 34.0 Å². The monoisotopic (exact) mass is 472 g/mol. The number of esters is 1. The highest BCUT2D eigenvalue weighted by Gasteiger charge is 2.50. The van der Waals surface area contributed by atoms with Crippen LogP contribution >= 0.6 is 0 Å². The van der Waals surface area contributed by atoms with E-state index in [9.17, 15) is 15.0 Å². The fourth-order valence-corrected chi connectivity index (χ4v) is 7.08. The summed E-state index contributed by atoms with van der Waals surface area (Å²) in [5, 5.41) is 20.6. The Labute approximate surface area is 207 Å². The van der Waals surface area contributed by atoms with Gasteiger partial charge in [-0.2, -0.15) is 0 Å². The third-order valence-electron chi connectivity index (χ3n) is 9.01. The van der Waals surface area contributed by atoms with Crippen LogP contribution in [0.5, 0.6) is 0 Å². The van der Waals surface area contributed by atoms with Crippen LogP contribution in [0.2, 0.25) is 0 Å². The van der Waals surface area contributed by atoms with Crippen LogP contribution in [0.3, 0.4) is 0 Å². The number of rotatable bonds is 8. The van der Waals surface area contributed by atoms with E-state index in [1.165, 1.54) is 32.1 Å². The van der Waals surface area contributed by atoms with Crippen LogP contribution in [0.1, 0.15) is 105 Å². The van der Waals surface area contributed by atoms with Gasteiger partial charge in [0.15, 0.2) is 0 Å². The Bertz CT molecular complexity index is 801. The third-order valence-corrected chi connectivity index (χ3v) is 9.01. The predicted octanol–water partition coefficient (Wildman–Crippen LogP) is 6.67. The van der Waals surface area contributed by atoms with E-state index in [0.29, 0.717) is 36.5 Å². The minimum atomic E-state index is -0.648. The van der Waals surface area contributed by atoms with Crippen molar-refractivity contribution in [3.8, 4) is 0 Å². The zero-order chi connectivity index (χ0) is 25.1. The second-order valence-electron chi connectivity index (χ2n) is 12.2. The minimum Gasteiger partial charge on any atom is -0.462 e. The first-order valence-corrected chi connectivity index (χ1v) is 13.6. The van der Waals surface area contributed by atoms with Crippen molar-refractivity contribution >= 4 is 5.97 Å². The third kappa shape index (κ3) is 6.43. The molecule has 0 heterocycles. The van der Waals surface area contributed by atoms with Gasteiger partial charge in [-0.15, -0.1) is 0 Å². The molecule has 2 N–H and O–H groups in total. The van der Waals surface area contributed by atoms with E-state index in [-0.39, 0.29) is 12.1 Å². The Kier molecular flexibility index (Phi) is 8.90. The smallest absolute Gasteiger partial charge is 0.305 e. The first-order chi connectivity index (χ1) is 15.9. The highest BCUT2D eigenvalue weighted by atomic mass is 16.5. The zero-order valence-electron chi connectivity index (χ0n) is 22.2. The number of aliphatic hydroxyl groups is 2. The van der Waals surface area contributed by atoms with Gasteiger partial charge in [0.1, 0.15) is 6.10 Å². The Hall–Kier alpha value is -1.39. The fourth-order valence-electron chi connectivity index (χ4n) is 7.08. The van der Waals surface area contributed by atoms with Crippen molar-refractivity contribution in [1.29, 1.82) is 0 Å². The number of hydrogen-bond acceptors (Lipinski definition) is 4. The van der Waals surface area contributed by atoms with Crippen LogP contribution < -0.4 is 0 Å². The number of hydrogen-bond donors (Lipinski definition) is 2. The molecule has 0 aromatic carbocycles. The highest BCUT2D eigenvalue weighted by Crippen LogP contribution is 2.60. The van der Waals surface area contributed by atoms with E-state index < -0.39 is 11.7 Å². The second kappa shape index (κ2) is 11.1. The summed E-state index contributed by atoms with van der Waals surface area (Å²) in [6, 6.07) is 0. The molecule has 4 heteroatoms. The van der Waals surface area contributed by atoms with E-state index >= 15 is 0 Å². The van der Waals surface area contributed by atoms with Crippen molar-refractivity contribution in [2.75, 3.05) is 0 Å². The topological polar surface area (TPSA) is 66.8 Å². The SMILES string of the molecule is C=C1C(=CC=C2CCC[C@@]3(C)C2CC[C@@H]3[C@H](C)CCCC(C)(C)O)C[C@@H](OC(=O)CC)C[C@@H]1O. The van der Waals surface area contributed by atoms with Gasteiger partial charge in [0.05, 0.1) is 11.7 Å². The van der Waals surface area contributed by atoms with Crippen LogP contribution in [0, 0.1) is 23.2 Å². The van der Waals surface area contributed by atoms with Gasteiger partial charge in [0, 0.05) is 19.3 Å². The van der Waals surface area contributed by atoms with E-state index in [0.717, 1.165) is 36.3 Å². The molecule has 0 saturated heterocycles. The summed E-state index contributed by atoms with van der Waals surface area (Å²) in [7, 11) is 0. The lowest BCUT2D eigenvalue weighted by Gasteiger charge is -2.44. The molecule has 192 valence electrons. The van der Waals surface area contributed by atoms with E-state index in [2.05, 4.69) is 32.6 Å². The number of carbonyl (C=O) groups is 1. The first-order valence-electron chi connectivity index (χ1n) is 13.6. The van der Waals surface area contributed by atoms with Crippen molar-refractivity contribution in [1.82, 2.24) is 0 Å². The van der Waals surface area contributed by atoms with Gasteiger partial charge < -0.3 is 14.9 Å². The first kappa shape index (κ1) is 27.2. The summed E-state index contributed by atoms with van der Waals surface area (Å²) >= 11 is 0. The molecule has 3 aliphatic carbocycles. The lowest BCUT2D eigenvalue weighted by atomic mass is 9.60. The van der Waals surface area contributed by atoms with E-state index in [4.69, 9.17) is 4.74 Å². The van der Waals surface area contributed by atoms with Crippen LogP contribution in [0.15, 0.2) is 35.5 Å². The molecule has 3 aliphatic rings. The van der Waals surface area contributed by atoms with Gasteiger partial charge in [-0.05, 0) is 86.7 Å². The Morgan fingerprint density at radius 3 is 2.74 bits per heavy atom. The van der Waals surface area contributed by atoms with E-state index in [1.807, 2.05) is 13.8 Å². The molecule has 3 rings (SSSR count).